The molecular weight excluding hydrogens is 396 g/mol. The van der Waals surface area contributed by atoms with Crippen molar-refractivity contribution in [3.05, 3.63) is 78.1 Å². The number of furan rings is 1. The van der Waals surface area contributed by atoms with Crippen molar-refractivity contribution in [2.75, 3.05) is 26.2 Å². The Bertz CT molecular complexity index is 1020. The third-order valence-electron chi connectivity index (χ3n) is 5.34. The fraction of sp³-hybridized carbons (Fsp3) is 0.250. The third kappa shape index (κ3) is 5.13. The van der Waals surface area contributed by atoms with Gasteiger partial charge >= 0.3 is 5.97 Å². The summed E-state index contributed by atoms with van der Waals surface area (Å²) in [5.41, 5.74) is 2.37. The van der Waals surface area contributed by atoms with Gasteiger partial charge in [0.25, 0.3) is 5.91 Å². The quantitative estimate of drug-likeness (QED) is 0.552. The lowest BCUT2D eigenvalue weighted by Gasteiger charge is -2.36. The van der Waals surface area contributed by atoms with Crippen LogP contribution in [0.1, 0.15) is 15.9 Å². The number of nitrogens with one attached hydrogen (secondary N) is 1. The summed E-state index contributed by atoms with van der Waals surface area (Å²) in [7, 11) is 0. The molecule has 0 spiro atoms. The van der Waals surface area contributed by atoms with Crippen molar-refractivity contribution in [2.24, 2.45) is 5.92 Å². The fourth-order valence-electron chi connectivity index (χ4n) is 3.49. The number of nitrogens with zero attached hydrogens (tertiary/aromatic N) is 1. The molecule has 0 atom stereocenters. The van der Waals surface area contributed by atoms with Crippen molar-refractivity contribution in [1.82, 2.24) is 10.2 Å². The summed E-state index contributed by atoms with van der Waals surface area (Å²) in [5, 5.41) is 11.9. The Balaban J connectivity index is 1.27. The zero-order valence-electron chi connectivity index (χ0n) is 17.0. The molecule has 0 aliphatic carbocycles. The molecule has 1 amide bonds. The van der Waals surface area contributed by atoms with Crippen LogP contribution >= 0.6 is 0 Å². The molecule has 0 unspecified atom stereocenters. The zero-order chi connectivity index (χ0) is 21.6. The van der Waals surface area contributed by atoms with E-state index in [-0.39, 0.29) is 11.8 Å². The van der Waals surface area contributed by atoms with Gasteiger partial charge < -0.3 is 19.6 Å². The Labute approximate surface area is 180 Å². The number of aliphatic carboxylic acids is 1. The number of ether oxygens (including phenoxy) is 1. The molecule has 1 aromatic heterocycles. The second-order valence-corrected chi connectivity index (χ2v) is 7.49. The Morgan fingerprint density at radius 2 is 1.84 bits per heavy atom. The second kappa shape index (κ2) is 9.49. The Morgan fingerprint density at radius 1 is 1.06 bits per heavy atom. The fourth-order valence-corrected chi connectivity index (χ4v) is 3.49. The Kier molecular flexibility index (Phi) is 6.33. The lowest BCUT2D eigenvalue weighted by atomic mass is 10.0. The number of hydrogen-bond donors (Lipinski definition) is 2. The molecule has 3 aromatic rings. The summed E-state index contributed by atoms with van der Waals surface area (Å²) in [6.45, 7) is 2.61. The van der Waals surface area contributed by atoms with Gasteiger partial charge in [0.2, 0.25) is 0 Å². The number of rotatable bonds is 9. The van der Waals surface area contributed by atoms with Gasteiger partial charge in [0.15, 0.2) is 0 Å². The molecule has 7 heteroatoms. The summed E-state index contributed by atoms with van der Waals surface area (Å²) in [6, 6.07) is 18.5. The topological polar surface area (TPSA) is 92.0 Å². The molecule has 1 fully saturated rings. The average Bonchev–Trinajstić information content (AvgIpc) is 3.29. The van der Waals surface area contributed by atoms with Crippen LogP contribution in [-0.2, 0) is 11.3 Å². The molecule has 2 N–H and O–H groups in total. The number of hydrogen-bond acceptors (Lipinski definition) is 5. The number of para-hydroxylation sites is 1. The van der Waals surface area contributed by atoms with Crippen LogP contribution in [0.4, 0.5) is 0 Å². The smallest absolute Gasteiger partial charge is 0.309 e. The first kappa shape index (κ1) is 20.7. The van der Waals surface area contributed by atoms with Gasteiger partial charge in [0, 0.05) is 42.9 Å². The molecule has 0 bridgehead atoms. The van der Waals surface area contributed by atoms with Crippen LogP contribution < -0.4 is 10.1 Å². The maximum Gasteiger partial charge on any atom is 0.309 e. The minimum absolute atomic E-state index is 0.166. The predicted molar refractivity (Wildman–Crippen MR) is 115 cm³/mol. The molecule has 160 valence electrons. The molecule has 2 aromatic carbocycles. The van der Waals surface area contributed by atoms with Gasteiger partial charge in [-0.1, -0.05) is 30.3 Å². The number of likely N-dealkylation sites (tertiary alicyclic amines) is 1. The second-order valence-electron chi connectivity index (χ2n) is 7.49. The van der Waals surface area contributed by atoms with Gasteiger partial charge in [-0.2, -0.15) is 0 Å². The molecule has 2 heterocycles. The zero-order valence-corrected chi connectivity index (χ0v) is 17.0. The van der Waals surface area contributed by atoms with Crippen molar-refractivity contribution < 1.29 is 23.8 Å². The molecule has 0 radical (unpaired) electrons. The molecular formula is C24H24N2O5. The largest absolute Gasteiger partial charge is 0.492 e. The van der Waals surface area contributed by atoms with E-state index in [1.54, 1.807) is 18.4 Å². The molecule has 1 saturated heterocycles. The van der Waals surface area contributed by atoms with E-state index in [1.165, 1.54) is 0 Å². The molecule has 31 heavy (non-hydrogen) atoms. The van der Waals surface area contributed by atoms with Crippen molar-refractivity contribution in [3.8, 4) is 17.1 Å². The highest BCUT2D eigenvalue weighted by molar-refractivity contribution is 5.94. The summed E-state index contributed by atoms with van der Waals surface area (Å²) in [6.07, 6.45) is 1.62. The summed E-state index contributed by atoms with van der Waals surface area (Å²) >= 11 is 0. The van der Waals surface area contributed by atoms with E-state index >= 15 is 0 Å². The minimum atomic E-state index is -0.742. The van der Waals surface area contributed by atoms with E-state index < -0.39 is 5.97 Å². The highest BCUT2D eigenvalue weighted by Gasteiger charge is 2.31. The minimum Gasteiger partial charge on any atom is -0.492 e. The number of carbonyl (C=O) groups excluding carboxylic acids is 1. The highest BCUT2D eigenvalue weighted by atomic mass is 16.5. The van der Waals surface area contributed by atoms with E-state index in [2.05, 4.69) is 10.2 Å². The van der Waals surface area contributed by atoms with Crippen LogP contribution in [0, 0.1) is 5.92 Å². The van der Waals surface area contributed by atoms with Crippen molar-refractivity contribution in [1.29, 1.82) is 0 Å². The summed E-state index contributed by atoms with van der Waals surface area (Å²) in [4.78, 5) is 25.5. The van der Waals surface area contributed by atoms with Crippen LogP contribution in [0.2, 0.25) is 0 Å². The number of carboxylic acids is 1. The molecule has 4 rings (SSSR count). The number of carbonyl (C=O) groups is 2. The Hall–Kier alpha value is -3.58. The maximum atomic E-state index is 12.5. The van der Waals surface area contributed by atoms with Gasteiger partial charge in [-0.05, 0) is 30.3 Å². The number of benzene rings is 2. The van der Waals surface area contributed by atoms with Gasteiger partial charge in [-0.3, -0.25) is 14.5 Å². The highest BCUT2D eigenvalue weighted by Crippen LogP contribution is 2.21. The number of amides is 1. The van der Waals surface area contributed by atoms with Crippen molar-refractivity contribution in [3.63, 3.8) is 0 Å². The van der Waals surface area contributed by atoms with Crippen LogP contribution in [-0.4, -0.2) is 48.1 Å². The van der Waals surface area contributed by atoms with Crippen LogP contribution in [0.5, 0.6) is 5.75 Å². The predicted octanol–water partition coefficient (Wildman–Crippen LogP) is 3.27. The van der Waals surface area contributed by atoms with Crippen LogP contribution in [0.3, 0.4) is 0 Å². The normalized spacial score (nSPS) is 14.1. The molecule has 7 nitrogen and oxygen atoms in total. The lowest BCUT2D eigenvalue weighted by molar-refractivity contribution is -0.147. The standard InChI is InChI=1S/C24H24N2O5/c27-23(18-9-7-17(8-10-18)21-6-3-12-30-21)25-14-19-4-1-2-5-22(19)31-13-11-26-15-20(16-26)24(28)29/h1-10,12,20H,11,13-16H2,(H,25,27)(H,28,29). The van der Waals surface area contributed by atoms with E-state index in [0.29, 0.717) is 44.1 Å². The SMILES string of the molecule is O=C(NCc1ccccc1OCCN1CC(C(=O)O)C1)c1ccc(-c2ccco2)cc1. The van der Waals surface area contributed by atoms with Gasteiger partial charge in [-0.15, -0.1) is 0 Å². The van der Waals surface area contributed by atoms with Crippen LogP contribution in [0.25, 0.3) is 11.3 Å². The van der Waals surface area contributed by atoms with Crippen molar-refractivity contribution in [2.45, 2.75) is 6.54 Å². The monoisotopic (exact) mass is 420 g/mol. The van der Waals surface area contributed by atoms with E-state index in [4.69, 9.17) is 14.3 Å². The molecule has 0 saturated carbocycles. The first-order chi connectivity index (χ1) is 15.1. The van der Waals surface area contributed by atoms with Crippen molar-refractivity contribution >= 4 is 11.9 Å². The van der Waals surface area contributed by atoms with Gasteiger partial charge in [0.1, 0.15) is 18.1 Å². The van der Waals surface area contributed by atoms with Gasteiger partial charge in [-0.25, -0.2) is 0 Å². The molecule has 1 aliphatic heterocycles. The first-order valence-electron chi connectivity index (χ1n) is 10.2. The summed E-state index contributed by atoms with van der Waals surface area (Å²) in [5.74, 6) is 0.298. The average molecular weight is 420 g/mol. The van der Waals surface area contributed by atoms with E-state index in [0.717, 1.165) is 16.9 Å². The van der Waals surface area contributed by atoms with Crippen LogP contribution in [0.15, 0.2) is 71.3 Å². The first-order valence-corrected chi connectivity index (χ1v) is 10.2. The third-order valence-corrected chi connectivity index (χ3v) is 5.34. The van der Waals surface area contributed by atoms with E-state index in [1.807, 2.05) is 48.5 Å². The van der Waals surface area contributed by atoms with Gasteiger partial charge in [0.05, 0.1) is 12.2 Å². The Morgan fingerprint density at radius 3 is 2.55 bits per heavy atom. The van der Waals surface area contributed by atoms with E-state index in [9.17, 15) is 9.59 Å². The lowest BCUT2D eigenvalue weighted by Crippen LogP contribution is -2.51. The molecule has 1 aliphatic rings. The number of carboxylic acid groups (broad SMARTS) is 1. The summed E-state index contributed by atoms with van der Waals surface area (Å²) < 4.78 is 11.3. The maximum absolute atomic E-state index is 12.5.